The molecule has 0 aliphatic rings. The number of hydrogen-bond acceptors (Lipinski definition) is 8. The summed E-state index contributed by atoms with van der Waals surface area (Å²) in [6, 6.07) is 0. The summed E-state index contributed by atoms with van der Waals surface area (Å²) in [4.78, 5) is 51.3. The monoisotopic (exact) mass is 346 g/mol. The first-order valence-corrected chi connectivity index (χ1v) is 4.38. The van der Waals surface area contributed by atoms with Crippen LogP contribution in [-0.2, 0) is 9.13 Å². The second-order valence-electron chi connectivity index (χ2n) is 0.894. The minimum absolute atomic E-state index is 0. The van der Waals surface area contributed by atoms with Crippen LogP contribution >= 0.6 is 15.6 Å². The van der Waals surface area contributed by atoms with Gasteiger partial charge in [-0.3, -0.25) is 0 Å². The van der Waals surface area contributed by atoms with Gasteiger partial charge in [0.2, 0.25) is 0 Å². The third-order valence-corrected chi connectivity index (χ3v) is 0. The quantitative estimate of drug-likeness (QED) is 0.316. The van der Waals surface area contributed by atoms with Crippen LogP contribution in [0.15, 0.2) is 0 Å². The molecule has 0 aromatic heterocycles. The maximum Gasteiger partial charge on any atom is 4.00 e. The number of hydrogen-bond donors (Lipinski definition) is 2. The van der Waals surface area contributed by atoms with E-state index in [9.17, 15) is 0 Å². The van der Waals surface area contributed by atoms with Crippen LogP contribution in [0.4, 0.5) is 0 Å². The average Bonchev–Trinajstić information content (AvgIpc) is 1.12. The Morgan fingerprint density at radius 3 is 0.615 bits per heavy atom. The van der Waals surface area contributed by atoms with Gasteiger partial charge in [0.25, 0.3) is 0 Å². The molecule has 0 bridgehead atoms. The van der Waals surface area contributed by atoms with Crippen molar-refractivity contribution < 1.29 is 38.5 Å². The minimum atomic E-state index is -5.39. The van der Waals surface area contributed by atoms with Gasteiger partial charge in [-0.1, -0.05) is 0 Å². The van der Waals surface area contributed by atoms with Crippen molar-refractivity contribution in [3.8, 4) is 0 Å². The Balaban J connectivity index is -0.0000000267. The molecular formula is H8N2O8P2Sn. The number of quaternary nitrogens is 2. The van der Waals surface area contributed by atoms with Crippen LogP contribution in [0, 0.1) is 0 Å². The van der Waals surface area contributed by atoms with Crippen molar-refractivity contribution in [3.63, 3.8) is 0 Å². The third-order valence-electron chi connectivity index (χ3n) is 0. The zero-order valence-electron chi connectivity index (χ0n) is 6.66. The van der Waals surface area contributed by atoms with Gasteiger partial charge >= 0.3 is 23.9 Å². The standard InChI is InChI=1S/2H3N.2H3O4P.Sn/c;;2*1-5(2,3)4;/h2*1H3;2*(H3,1,2,3,4);/q;;;;+4/p-4. The summed E-state index contributed by atoms with van der Waals surface area (Å²) in [6.45, 7) is 0. The van der Waals surface area contributed by atoms with E-state index in [1.54, 1.807) is 0 Å². The minimum Gasteiger partial charge on any atom is -0.822 e. The van der Waals surface area contributed by atoms with Crippen molar-refractivity contribution in [1.82, 2.24) is 12.3 Å². The third kappa shape index (κ3) is 1760. The largest absolute Gasteiger partial charge is 4.00 e. The Kier molecular flexibility index (Phi) is 24.7. The molecule has 0 radical (unpaired) electrons. The van der Waals surface area contributed by atoms with Crippen molar-refractivity contribution in [2.75, 3.05) is 0 Å². The molecule has 8 N–H and O–H groups in total. The van der Waals surface area contributed by atoms with Gasteiger partial charge in [0.1, 0.15) is 0 Å². The molecule has 0 amide bonds. The fourth-order valence-corrected chi connectivity index (χ4v) is 0. The van der Waals surface area contributed by atoms with Gasteiger partial charge in [-0.25, -0.2) is 0 Å². The van der Waals surface area contributed by atoms with E-state index in [-0.39, 0.29) is 36.2 Å². The molecule has 0 atom stereocenters. The van der Waals surface area contributed by atoms with Crippen LogP contribution < -0.4 is 41.7 Å². The van der Waals surface area contributed by atoms with E-state index in [0.29, 0.717) is 0 Å². The summed E-state index contributed by atoms with van der Waals surface area (Å²) >= 11 is 0. The predicted octanol–water partition coefficient (Wildman–Crippen LogP) is -5.28. The Morgan fingerprint density at radius 1 is 0.615 bits per heavy atom. The maximum absolute atomic E-state index is 8.55. The molecule has 0 aromatic carbocycles. The molecule has 13 heteroatoms. The Hall–Kier alpha value is 0.939. The topological polar surface area (TPSA) is 246 Å². The first-order valence-electron chi connectivity index (χ1n) is 1.46. The summed E-state index contributed by atoms with van der Waals surface area (Å²) in [5, 5.41) is 0. The van der Waals surface area contributed by atoms with E-state index in [1.165, 1.54) is 0 Å². The summed E-state index contributed by atoms with van der Waals surface area (Å²) in [7, 11) is -10.8. The summed E-state index contributed by atoms with van der Waals surface area (Å²) in [5.74, 6) is 0. The Morgan fingerprint density at radius 2 is 0.615 bits per heavy atom. The molecule has 80 valence electrons. The second kappa shape index (κ2) is 11.0. The Labute approximate surface area is 90.6 Å². The molecular weight excluding hydrogens is 337 g/mol. The van der Waals surface area contributed by atoms with E-state index in [0.717, 1.165) is 0 Å². The van der Waals surface area contributed by atoms with Gasteiger partial charge in [0, 0.05) is 0 Å². The van der Waals surface area contributed by atoms with Crippen LogP contribution in [0.1, 0.15) is 0 Å². The molecule has 10 nitrogen and oxygen atoms in total. The SMILES string of the molecule is O=P([O-])([O-])[O-].O=P([O-])([O-])[O-].[NH4+].[NH4+].[Sn+4]. The maximum atomic E-state index is 8.55. The van der Waals surface area contributed by atoms with Gasteiger partial charge < -0.3 is 50.8 Å². The van der Waals surface area contributed by atoms with Crippen molar-refractivity contribution in [3.05, 3.63) is 0 Å². The smallest absolute Gasteiger partial charge is 0.822 e. The molecule has 0 unspecified atom stereocenters. The van der Waals surface area contributed by atoms with Crippen molar-refractivity contribution in [2.24, 2.45) is 0 Å². The van der Waals surface area contributed by atoms with Crippen molar-refractivity contribution in [1.29, 1.82) is 0 Å². The molecule has 0 aromatic rings. The van der Waals surface area contributed by atoms with E-state index in [4.69, 9.17) is 38.5 Å². The summed E-state index contributed by atoms with van der Waals surface area (Å²) in [5.41, 5.74) is 0. The van der Waals surface area contributed by atoms with E-state index < -0.39 is 15.6 Å². The summed E-state index contributed by atoms with van der Waals surface area (Å²) in [6.07, 6.45) is 0. The van der Waals surface area contributed by atoms with Crippen LogP contribution in [0.3, 0.4) is 0 Å². The molecule has 0 rings (SSSR count). The first-order chi connectivity index (χ1) is 4.00. The average molecular weight is 345 g/mol. The molecule has 13 heavy (non-hydrogen) atoms. The molecule has 0 aliphatic carbocycles. The van der Waals surface area contributed by atoms with Gasteiger partial charge in [-0.15, -0.1) is 0 Å². The van der Waals surface area contributed by atoms with Crippen LogP contribution in [0.25, 0.3) is 0 Å². The predicted molar refractivity (Wildman–Crippen MR) is 32.9 cm³/mol. The van der Waals surface area contributed by atoms with Crippen LogP contribution in [0.5, 0.6) is 0 Å². The van der Waals surface area contributed by atoms with Crippen molar-refractivity contribution in [2.45, 2.75) is 0 Å². The normalized spacial score (nSPS) is 9.08. The van der Waals surface area contributed by atoms with Gasteiger partial charge in [0.15, 0.2) is 0 Å². The fraction of sp³-hybridized carbons (Fsp3) is 0. The van der Waals surface area contributed by atoms with Gasteiger partial charge in [-0.05, 0) is 0 Å². The van der Waals surface area contributed by atoms with Gasteiger partial charge in [0.05, 0.1) is 0 Å². The summed E-state index contributed by atoms with van der Waals surface area (Å²) < 4.78 is 17.1. The van der Waals surface area contributed by atoms with Gasteiger partial charge in [-0.2, -0.15) is 15.6 Å². The first kappa shape index (κ1) is 29.2. The zero-order chi connectivity index (χ0) is 9.00. The number of rotatable bonds is 0. The van der Waals surface area contributed by atoms with E-state index in [1.807, 2.05) is 0 Å². The fourth-order valence-electron chi connectivity index (χ4n) is 0. The van der Waals surface area contributed by atoms with E-state index >= 15 is 0 Å². The van der Waals surface area contributed by atoms with Crippen LogP contribution in [-0.4, -0.2) is 23.9 Å². The molecule has 0 spiro atoms. The van der Waals surface area contributed by atoms with Crippen LogP contribution in [0.2, 0.25) is 0 Å². The zero-order valence-corrected chi connectivity index (χ0v) is 11.3. The molecule has 0 aliphatic heterocycles. The molecule has 0 heterocycles. The number of phosphoric acid groups is 2. The van der Waals surface area contributed by atoms with E-state index in [2.05, 4.69) is 0 Å². The van der Waals surface area contributed by atoms with Crippen molar-refractivity contribution >= 4 is 39.6 Å². The second-order valence-corrected chi connectivity index (χ2v) is 2.68. The molecule has 0 saturated carbocycles. The molecule has 0 saturated heterocycles. The molecule has 0 fully saturated rings. The Bertz CT molecular complexity index is 132.